The molecule has 1 aromatic rings. The summed E-state index contributed by atoms with van der Waals surface area (Å²) in [6, 6.07) is 8.41. The van der Waals surface area contributed by atoms with Gasteiger partial charge in [0.1, 0.15) is 0 Å². The van der Waals surface area contributed by atoms with Crippen LogP contribution in [0.25, 0.3) is 0 Å². The lowest BCUT2D eigenvalue weighted by atomic mass is 9.78. The zero-order chi connectivity index (χ0) is 14.4. The minimum absolute atomic E-state index is 0.134. The van der Waals surface area contributed by atoms with Crippen LogP contribution >= 0.6 is 0 Å². The van der Waals surface area contributed by atoms with Crippen molar-refractivity contribution in [1.82, 2.24) is 0 Å². The first-order valence-electron chi connectivity index (χ1n) is 7.47. The van der Waals surface area contributed by atoms with E-state index >= 15 is 0 Å². The second-order valence-corrected chi connectivity index (χ2v) is 6.62. The van der Waals surface area contributed by atoms with Gasteiger partial charge in [-0.1, -0.05) is 30.8 Å². The summed E-state index contributed by atoms with van der Waals surface area (Å²) >= 11 is 0. The summed E-state index contributed by atoms with van der Waals surface area (Å²) in [4.78, 5) is 0. The normalized spacial score (nSPS) is 35.5. The third kappa shape index (κ3) is 2.11. The van der Waals surface area contributed by atoms with Gasteiger partial charge in [0.15, 0.2) is 0 Å². The van der Waals surface area contributed by atoms with Gasteiger partial charge in [0.25, 0.3) is 0 Å². The molecule has 0 aromatic heterocycles. The molecule has 3 rings (SSSR count). The van der Waals surface area contributed by atoms with E-state index in [0.29, 0.717) is 6.61 Å². The molecule has 2 heterocycles. The van der Waals surface area contributed by atoms with E-state index in [0.717, 1.165) is 24.8 Å². The Morgan fingerprint density at radius 3 is 2.80 bits per heavy atom. The molecular formula is C18H24O2. The summed E-state index contributed by atoms with van der Waals surface area (Å²) in [5.74, 6) is 0. The molecule has 0 aliphatic carbocycles. The van der Waals surface area contributed by atoms with Gasteiger partial charge in [-0.3, -0.25) is 0 Å². The van der Waals surface area contributed by atoms with Crippen LogP contribution in [0, 0.1) is 6.92 Å². The lowest BCUT2D eigenvalue weighted by molar-refractivity contribution is -0.0797. The van der Waals surface area contributed by atoms with E-state index in [9.17, 15) is 0 Å². The molecular weight excluding hydrogens is 248 g/mol. The molecule has 0 N–H and O–H groups in total. The lowest BCUT2D eigenvalue weighted by Gasteiger charge is -2.30. The lowest BCUT2D eigenvalue weighted by Crippen LogP contribution is -2.37. The van der Waals surface area contributed by atoms with Crippen LogP contribution in [0.3, 0.4) is 0 Å². The second kappa shape index (κ2) is 4.71. The van der Waals surface area contributed by atoms with E-state index < -0.39 is 0 Å². The molecule has 2 aliphatic rings. The van der Waals surface area contributed by atoms with Crippen molar-refractivity contribution in [2.24, 2.45) is 0 Å². The molecule has 2 saturated heterocycles. The smallest absolute Gasteiger partial charge is 0.0929 e. The SMILES string of the molecule is C=C(C)C12CCC(C)(O1)C(OCc1ccccc1C)C2. The van der Waals surface area contributed by atoms with Gasteiger partial charge in [0, 0.05) is 6.42 Å². The third-order valence-corrected chi connectivity index (χ3v) is 5.13. The molecule has 0 amide bonds. The Bertz CT molecular complexity index is 536. The standard InChI is InChI=1S/C18H24O2/c1-13(2)18-10-9-17(4,20-18)16(11-18)19-12-15-8-6-5-7-14(15)3/h5-8,16H,1,9-12H2,2-4H3. The van der Waals surface area contributed by atoms with Crippen molar-refractivity contribution in [3.8, 4) is 0 Å². The molecule has 3 unspecified atom stereocenters. The number of ether oxygens (including phenoxy) is 2. The van der Waals surface area contributed by atoms with Gasteiger partial charge in [0.05, 0.1) is 23.9 Å². The van der Waals surface area contributed by atoms with Gasteiger partial charge >= 0.3 is 0 Å². The van der Waals surface area contributed by atoms with Gasteiger partial charge in [-0.25, -0.2) is 0 Å². The van der Waals surface area contributed by atoms with Gasteiger partial charge in [-0.05, 0) is 50.3 Å². The van der Waals surface area contributed by atoms with E-state index in [1.54, 1.807) is 0 Å². The molecule has 2 heteroatoms. The predicted octanol–water partition coefficient (Wildman–Crippen LogP) is 4.17. The second-order valence-electron chi connectivity index (χ2n) is 6.62. The van der Waals surface area contributed by atoms with Gasteiger partial charge < -0.3 is 9.47 Å². The summed E-state index contributed by atoms with van der Waals surface area (Å²) in [6.07, 6.45) is 3.28. The third-order valence-electron chi connectivity index (χ3n) is 5.13. The van der Waals surface area contributed by atoms with Crippen molar-refractivity contribution >= 4 is 0 Å². The summed E-state index contributed by atoms with van der Waals surface area (Å²) in [6.45, 7) is 11.2. The summed E-state index contributed by atoms with van der Waals surface area (Å²) in [7, 11) is 0. The minimum atomic E-state index is -0.137. The van der Waals surface area contributed by atoms with Crippen molar-refractivity contribution in [1.29, 1.82) is 0 Å². The van der Waals surface area contributed by atoms with Crippen LogP contribution in [0.4, 0.5) is 0 Å². The van der Waals surface area contributed by atoms with Crippen LogP contribution < -0.4 is 0 Å². The fraction of sp³-hybridized carbons (Fsp3) is 0.556. The highest BCUT2D eigenvalue weighted by molar-refractivity contribution is 5.25. The predicted molar refractivity (Wildman–Crippen MR) is 80.6 cm³/mol. The van der Waals surface area contributed by atoms with Crippen LogP contribution in [-0.2, 0) is 16.1 Å². The number of benzene rings is 1. The van der Waals surface area contributed by atoms with E-state index in [1.165, 1.54) is 11.1 Å². The number of hydrogen-bond donors (Lipinski definition) is 0. The number of rotatable bonds is 4. The molecule has 0 radical (unpaired) electrons. The van der Waals surface area contributed by atoms with Crippen LogP contribution in [0.2, 0.25) is 0 Å². The highest BCUT2D eigenvalue weighted by Crippen LogP contribution is 2.54. The average Bonchev–Trinajstić information content (AvgIpc) is 2.90. The summed E-state index contributed by atoms with van der Waals surface area (Å²) < 4.78 is 12.5. The monoisotopic (exact) mass is 272 g/mol. The Kier molecular flexibility index (Phi) is 3.26. The molecule has 2 bridgehead atoms. The number of aryl methyl sites for hydroxylation is 1. The molecule has 0 saturated carbocycles. The Balaban J connectivity index is 1.71. The molecule has 2 fully saturated rings. The minimum Gasteiger partial charge on any atom is -0.370 e. The van der Waals surface area contributed by atoms with E-state index in [2.05, 4.69) is 51.6 Å². The summed E-state index contributed by atoms with van der Waals surface area (Å²) in [5.41, 5.74) is 3.43. The van der Waals surface area contributed by atoms with Gasteiger partial charge in [-0.15, -0.1) is 0 Å². The maximum Gasteiger partial charge on any atom is 0.0929 e. The van der Waals surface area contributed by atoms with E-state index in [4.69, 9.17) is 9.47 Å². The zero-order valence-electron chi connectivity index (χ0n) is 12.7. The van der Waals surface area contributed by atoms with E-state index in [-0.39, 0.29) is 17.3 Å². The number of hydrogen-bond acceptors (Lipinski definition) is 2. The van der Waals surface area contributed by atoms with Crippen LogP contribution in [0.5, 0.6) is 0 Å². The average molecular weight is 272 g/mol. The molecule has 1 aromatic carbocycles. The van der Waals surface area contributed by atoms with Crippen molar-refractivity contribution in [2.45, 2.75) is 63.9 Å². The van der Waals surface area contributed by atoms with Crippen molar-refractivity contribution in [2.75, 3.05) is 0 Å². The van der Waals surface area contributed by atoms with Crippen molar-refractivity contribution in [3.63, 3.8) is 0 Å². The molecule has 2 nitrogen and oxygen atoms in total. The molecule has 3 atom stereocenters. The fourth-order valence-electron chi connectivity index (χ4n) is 3.56. The summed E-state index contributed by atoms with van der Waals surface area (Å²) in [5, 5.41) is 0. The van der Waals surface area contributed by atoms with Crippen LogP contribution in [0.1, 0.15) is 44.2 Å². The Morgan fingerprint density at radius 1 is 1.40 bits per heavy atom. The maximum absolute atomic E-state index is 6.32. The highest BCUT2D eigenvalue weighted by atomic mass is 16.6. The van der Waals surface area contributed by atoms with Crippen molar-refractivity contribution in [3.05, 3.63) is 47.5 Å². The number of fused-ring (bicyclic) bond motifs is 2. The highest BCUT2D eigenvalue weighted by Gasteiger charge is 2.59. The zero-order valence-corrected chi connectivity index (χ0v) is 12.7. The maximum atomic E-state index is 6.32. The topological polar surface area (TPSA) is 18.5 Å². The fourth-order valence-corrected chi connectivity index (χ4v) is 3.56. The van der Waals surface area contributed by atoms with Crippen LogP contribution in [-0.4, -0.2) is 17.3 Å². The molecule has 0 spiro atoms. The first kappa shape index (κ1) is 13.8. The van der Waals surface area contributed by atoms with E-state index in [1.807, 2.05) is 0 Å². The first-order chi connectivity index (χ1) is 9.45. The molecule has 20 heavy (non-hydrogen) atoms. The molecule has 2 aliphatic heterocycles. The quantitative estimate of drug-likeness (QED) is 0.766. The van der Waals surface area contributed by atoms with Crippen molar-refractivity contribution < 1.29 is 9.47 Å². The Hall–Kier alpha value is -1.12. The Morgan fingerprint density at radius 2 is 2.15 bits per heavy atom. The van der Waals surface area contributed by atoms with Crippen LogP contribution in [0.15, 0.2) is 36.4 Å². The van der Waals surface area contributed by atoms with Gasteiger partial charge in [-0.2, -0.15) is 0 Å². The Labute approximate surface area is 121 Å². The van der Waals surface area contributed by atoms with Gasteiger partial charge in [0.2, 0.25) is 0 Å². The largest absolute Gasteiger partial charge is 0.370 e. The first-order valence-corrected chi connectivity index (χ1v) is 7.47. The molecule has 108 valence electrons.